The van der Waals surface area contributed by atoms with E-state index in [1.165, 1.54) is 0 Å². The Kier molecular flexibility index (Phi) is 5.30. The van der Waals surface area contributed by atoms with E-state index in [9.17, 15) is 0 Å². The number of nitrogens with zero attached hydrogens (tertiary/aromatic N) is 2. The summed E-state index contributed by atoms with van der Waals surface area (Å²) in [5.41, 5.74) is 1.70. The first-order chi connectivity index (χ1) is 10.2. The van der Waals surface area contributed by atoms with Gasteiger partial charge < -0.3 is 10.1 Å². The zero-order chi connectivity index (χ0) is 15.1. The van der Waals surface area contributed by atoms with Gasteiger partial charge in [-0.2, -0.15) is 5.26 Å². The molecule has 0 bridgehead atoms. The van der Waals surface area contributed by atoms with Crippen molar-refractivity contribution in [3.8, 4) is 17.7 Å². The molecule has 1 atom stereocenters. The molecule has 0 amide bonds. The molecule has 1 aromatic heterocycles. The minimum absolute atomic E-state index is 0.251. The molecular weight excluding hydrogens is 262 g/mol. The lowest BCUT2D eigenvalue weighted by Crippen LogP contribution is -2.19. The van der Waals surface area contributed by atoms with E-state index in [2.05, 4.69) is 30.2 Å². The van der Waals surface area contributed by atoms with E-state index in [0.717, 1.165) is 18.5 Å². The molecule has 2 rings (SSSR count). The maximum absolute atomic E-state index is 8.90. The lowest BCUT2D eigenvalue weighted by molar-refractivity contribution is 0.459. The fourth-order valence-electron chi connectivity index (χ4n) is 1.98. The maximum atomic E-state index is 8.90. The van der Waals surface area contributed by atoms with Crippen molar-refractivity contribution in [2.45, 2.75) is 26.3 Å². The van der Waals surface area contributed by atoms with Crippen LogP contribution in [0.3, 0.4) is 0 Å². The number of pyridine rings is 1. The number of benzene rings is 1. The first-order valence-electron chi connectivity index (χ1n) is 7.10. The van der Waals surface area contributed by atoms with Gasteiger partial charge in [0.15, 0.2) is 0 Å². The van der Waals surface area contributed by atoms with Crippen LogP contribution < -0.4 is 10.1 Å². The van der Waals surface area contributed by atoms with Crippen LogP contribution in [0, 0.1) is 11.3 Å². The van der Waals surface area contributed by atoms with Crippen molar-refractivity contribution in [2.24, 2.45) is 0 Å². The van der Waals surface area contributed by atoms with Gasteiger partial charge in [0.25, 0.3) is 0 Å². The van der Waals surface area contributed by atoms with E-state index in [4.69, 9.17) is 10.00 Å². The molecule has 2 aromatic rings. The van der Waals surface area contributed by atoms with E-state index in [1.807, 2.05) is 18.2 Å². The van der Waals surface area contributed by atoms with Crippen LogP contribution in [0.5, 0.6) is 11.6 Å². The average Bonchev–Trinajstić information content (AvgIpc) is 2.53. The maximum Gasteiger partial charge on any atom is 0.219 e. The average molecular weight is 281 g/mol. The molecule has 0 fully saturated rings. The summed E-state index contributed by atoms with van der Waals surface area (Å²) in [4.78, 5) is 4.22. The van der Waals surface area contributed by atoms with Gasteiger partial charge in [0, 0.05) is 18.3 Å². The first kappa shape index (κ1) is 15.0. The van der Waals surface area contributed by atoms with Crippen LogP contribution in [-0.4, -0.2) is 11.5 Å². The Balaban J connectivity index is 2.12. The Labute approximate surface area is 125 Å². The standard InChI is InChI=1S/C17H19N3O/c1-3-8-19-13(2)15-7-9-20-17(11-15)21-16-6-4-5-14(10-16)12-18/h4-7,9-11,13,19H,3,8H2,1-2H3. The SMILES string of the molecule is CCCNC(C)c1ccnc(Oc2cccc(C#N)c2)c1. The van der Waals surface area contributed by atoms with Gasteiger partial charge in [-0.25, -0.2) is 4.98 Å². The Bertz CT molecular complexity index is 634. The zero-order valence-electron chi connectivity index (χ0n) is 12.3. The van der Waals surface area contributed by atoms with Crippen LogP contribution >= 0.6 is 0 Å². The minimum Gasteiger partial charge on any atom is -0.439 e. The highest BCUT2D eigenvalue weighted by molar-refractivity contribution is 5.38. The second-order valence-corrected chi connectivity index (χ2v) is 4.84. The Morgan fingerprint density at radius 3 is 2.95 bits per heavy atom. The molecule has 0 spiro atoms. The fourth-order valence-corrected chi connectivity index (χ4v) is 1.98. The van der Waals surface area contributed by atoms with Crippen LogP contribution in [0.2, 0.25) is 0 Å². The number of nitrogens with one attached hydrogen (secondary N) is 1. The highest BCUT2D eigenvalue weighted by Gasteiger charge is 2.07. The topological polar surface area (TPSA) is 57.9 Å². The monoisotopic (exact) mass is 281 g/mol. The summed E-state index contributed by atoms with van der Waals surface area (Å²) >= 11 is 0. The third kappa shape index (κ3) is 4.30. The van der Waals surface area contributed by atoms with Crippen molar-refractivity contribution in [1.29, 1.82) is 5.26 Å². The van der Waals surface area contributed by atoms with Crippen molar-refractivity contribution >= 4 is 0 Å². The molecule has 0 saturated carbocycles. The second kappa shape index (κ2) is 7.41. The largest absolute Gasteiger partial charge is 0.439 e. The van der Waals surface area contributed by atoms with E-state index in [-0.39, 0.29) is 6.04 Å². The molecule has 4 nitrogen and oxygen atoms in total. The molecule has 0 aliphatic heterocycles. The number of ether oxygens (including phenoxy) is 1. The highest BCUT2D eigenvalue weighted by Crippen LogP contribution is 2.23. The predicted octanol–water partition coefficient (Wildman–Crippen LogP) is 3.81. The van der Waals surface area contributed by atoms with E-state index in [0.29, 0.717) is 17.2 Å². The quantitative estimate of drug-likeness (QED) is 0.874. The van der Waals surface area contributed by atoms with Crippen LogP contribution in [0.25, 0.3) is 0 Å². The van der Waals surface area contributed by atoms with E-state index in [1.54, 1.807) is 24.4 Å². The van der Waals surface area contributed by atoms with Gasteiger partial charge in [-0.1, -0.05) is 13.0 Å². The molecule has 0 radical (unpaired) electrons. The van der Waals surface area contributed by atoms with Crippen molar-refractivity contribution < 1.29 is 4.74 Å². The molecule has 21 heavy (non-hydrogen) atoms. The summed E-state index contributed by atoms with van der Waals surface area (Å²) in [6.45, 7) is 5.23. The normalized spacial score (nSPS) is 11.7. The smallest absolute Gasteiger partial charge is 0.219 e. The van der Waals surface area contributed by atoms with Crippen molar-refractivity contribution in [2.75, 3.05) is 6.54 Å². The molecule has 108 valence electrons. The fraction of sp³-hybridized carbons (Fsp3) is 0.294. The Morgan fingerprint density at radius 1 is 1.33 bits per heavy atom. The van der Waals surface area contributed by atoms with Gasteiger partial charge in [0.2, 0.25) is 5.88 Å². The van der Waals surface area contributed by atoms with Crippen LogP contribution in [0.4, 0.5) is 0 Å². The lowest BCUT2D eigenvalue weighted by Gasteiger charge is -2.14. The van der Waals surface area contributed by atoms with Crippen LogP contribution in [-0.2, 0) is 0 Å². The van der Waals surface area contributed by atoms with Gasteiger partial charge in [-0.05, 0) is 49.7 Å². The Morgan fingerprint density at radius 2 is 2.19 bits per heavy atom. The van der Waals surface area contributed by atoms with Gasteiger partial charge in [-0.3, -0.25) is 0 Å². The number of aromatic nitrogens is 1. The number of nitriles is 1. The summed E-state index contributed by atoms with van der Waals surface area (Å²) in [6, 6.07) is 13.3. The highest BCUT2D eigenvalue weighted by atomic mass is 16.5. The molecular formula is C17H19N3O. The lowest BCUT2D eigenvalue weighted by atomic mass is 10.1. The van der Waals surface area contributed by atoms with Gasteiger partial charge in [0.05, 0.1) is 11.6 Å². The predicted molar refractivity (Wildman–Crippen MR) is 82.2 cm³/mol. The van der Waals surface area contributed by atoms with Crippen LogP contribution in [0.15, 0.2) is 42.6 Å². The Hall–Kier alpha value is -2.38. The first-order valence-corrected chi connectivity index (χ1v) is 7.10. The number of hydrogen-bond donors (Lipinski definition) is 1. The number of hydrogen-bond acceptors (Lipinski definition) is 4. The summed E-state index contributed by atoms with van der Waals surface area (Å²) in [5, 5.41) is 12.3. The second-order valence-electron chi connectivity index (χ2n) is 4.84. The molecule has 1 aromatic carbocycles. The molecule has 1 N–H and O–H groups in total. The molecule has 4 heteroatoms. The summed E-state index contributed by atoms with van der Waals surface area (Å²) in [5.74, 6) is 1.15. The third-order valence-electron chi connectivity index (χ3n) is 3.14. The van der Waals surface area contributed by atoms with Crippen LogP contribution in [0.1, 0.15) is 37.4 Å². The molecule has 0 saturated heterocycles. The van der Waals surface area contributed by atoms with Gasteiger partial charge >= 0.3 is 0 Å². The van der Waals surface area contributed by atoms with E-state index < -0.39 is 0 Å². The molecule has 1 unspecified atom stereocenters. The summed E-state index contributed by atoms with van der Waals surface area (Å²) < 4.78 is 5.73. The van der Waals surface area contributed by atoms with Gasteiger partial charge in [0.1, 0.15) is 5.75 Å². The third-order valence-corrected chi connectivity index (χ3v) is 3.14. The molecule has 1 heterocycles. The van der Waals surface area contributed by atoms with Crippen molar-refractivity contribution in [1.82, 2.24) is 10.3 Å². The zero-order valence-corrected chi connectivity index (χ0v) is 12.3. The molecule has 0 aliphatic rings. The summed E-state index contributed by atoms with van der Waals surface area (Å²) in [6.07, 6.45) is 2.84. The minimum atomic E-state index is 0.251. The van der Waals surface area contributed by atoms with E-state index >= 15 is 0 Å². The van der Waals surface area contributed by atoms with Crippen molar-refractivity contribution in [3.05, 3.63) is 53.7 Å². The number of rotatable bonds is 6. The van der Waals surface area contributed by atoms with Crippen molar-refractivity contribution in [3.63, 3.8) is 0 Å². The summed E-state index contributed by atoms with van der Waals surface area (Å²) in [7, 11) is 0. The molecule has 0 aliphatic carbocycles. The van der Waals surface area contributed by atoms with Gasteiger partial charge in [-0.15, -0.1) is 0 Å².